The highest BCUT2D eigenvalue weighted by atomic mass is 16.6. The van der Waals surface area contributed by atoms with E-state index in [1.54, 1.807) is 26.8 Å². The number of nitrogens with one attached hydrogen (secondary N) is 1. The molecule has 15 heavy (non-hydrogen) atoms. The summed E-state index contributed by atoms with van der Waals surface area (Å²) in [7, 11) is 0. The van der Waals surface area contributed by atoms with Gasteiger partial charge in [-0.3, -0.25) is 4.79 Å². The number of ether oxygens (including phenoxy) is 1. The average molecular weight is 212 g/mol. The zero-order chi connectivity index (χ0) is 12.1. The number of nitriles is 1. The largest absolute Gasteiger partial charge is 0.444 e. The summed E-state index contributed by atoms with van der Waals surface area (Å²) in [5, 5.41) is 10.7. The molecule has 0 aromatic heterocycles. The van der Waals surface area contributed by atoms with Crippen LogP contribution in [0.5, 0.6) is 0 Å². The molecule has 0 aromatic carbocycles. The first-order chi connectivity index (χ1) is 6.76. The number of rotatable bonds is 3. The van der Waals surface area contributed by atoms with E-state index in [1.807, 2.05) is 0 Å². The molecule has 0 unspecified atom stereocenters. The lowest BCUT2D eigenvalue weighted by Gasteiger charge is -2.21. The number of alkyl carbamates (subject to hydrolysis) is 1. The summed E-state index contributed by atoms with van der Waals surface area (Å²) in [4.78, 5) is 22.4. The van der Waals surface area contributed by atoms with Crippen LogP contribution in [0, 0.1) is 11.3 Å². The van der Waals surface area contributed by atoms with Crippen LogP contribution in [0.3, 0.4) is 0 Å². The Morgan fingerprint density at radius 1 is 1.47 bits per heavy atom. The van der Waals surface area contributed by atoms with Gasteiger partial charge in [-0.25, -0.2) is 4.79 Å². The van der Waals surface area contributed by atoms with Gasteiger partial charge in [0.15, 0.2) is 5.78 Å². The molecule has 0 saturated carbocycles. The van der Waals surface area contributed by atoms with Gasteiger partial charge < -0.3 is 10.1 Å². The van der Waals surface area contributed by atoms with Gasteiger partial charge >= 0.3 is 6.09 Å². The molecule has 1 amide bonds. The maximum absolute atomic E-state index is 11.2. The summed E-state index contributed by atoms with van der Waals surface area (Å²) < 4.78 is 4.95. The quantitative estimate of drug-likeness (QED) is 0.766. The molecular weight excluding hydrogens is 196 g/mol. The average Bonchev–Trinajstić information content (AvgIpc) is 2.00. The molecule has 0 aliphatic heterocycles. The third-order valence-corrected chi connectivity index (χ3v) is 1.47. The van der Waals surface area contributed by atoms with Gasteiger partial charge in [-0.1, -0.05) is 0 Å². The standard InChI is InChI=1S/C10H16N2O3/c1-7(8(13)5-6-11)12-9(14)15-10(2,3)4/h7H,5H2,1-4H3,(H,12,14)/t7-/m0/s1. The first-order valence-corrected chi connectivity index (χ1v) is 4.65. The van der Waals surface area contributed by atoms with E-state index in [2.05, 4.69) is 5.32 Å². The Hall–Kier alpha value is -1.57. The second-order valence-electron chi connectivity index (χ2n) is 4.17. The van der Waals surface area contributed by atoms with Crippen LogP contribution in [0.1, 0.15) is 34.1 Å². The van der Waals surface area contributed by atoms with Gasteiger partial charge in [0, 0.05) is 0 Å². The van der Waals surface area contributed by atoms with Crippen molar-refractivity contribution >= 4 is 11.9 Å². The van der Waals surface area contributed by atoms with Crippen LogP contribution in [0.4, 0.5) is 4.79 Å². The fourth-order valence-electron chi connectivity index (χ4n) is 0.796. The molecule has 1 atom stereocenters. The van der Waals surface area contributed by atoms with Gasteiger partial charge in [-0.2, -0.15) is 5.26 Å². The molecule has 0 radical (unpaired) electrons. The SMILES string of the molecule is C[C@H](NC(=O)OC(C)(C)C)C(=O)CC#N. The number of ketones is 1. The molecule has 0 rings (SSSR count). The summed E-state index contributed by atoms with van der Waals surface area (Å²) in [6.07, 6.45) is -0.863. The van der Waals surface area contributed by atoms with Crippen LogP contribution in [-0.2, 0) is 9.53 Å². The fourth-order valence-corrected chi connectivity index (χ4v) is 0.796. The maximum Gasteiger partial charge on any atom is 0.408 e. The normalized spacial score (nSPS) is 12.5. The zero-order valence-electron chi connectivity index (χ0n) is 9.46. The van der Waals surface area contributed by atoms with Gasteiger partial charge in [-0.05, 0) is 27.7 Å². The highest BCUT2D eigenvalue weighted by Gasteiger charge is 2.20. The molecule has 1 N–H and O–H groups in total. The van der Waals surface area contributed by atoms with Crippen LogP contribution in [0.25, 0.3) is 0 Å². The van der Waals surface area contributed by atoms with Crippen molar-refractivity contribution in [2.24, 2.45) is 0 Å². The Bertz CT molecular complexity index is 286. The summed E-state index contributed by atoms with van der Waals surface area (Å²) in [6.45, 7) is 6.71. The van der Waals surface area contributed by atoms with Crippen molar-refractivity contribution in [3.63, 3.8) is 0 Å². The minimum absolute atomic E-state index is 0.211. The lowest BCUT2D eigenvalue weighted by molar-refractivity contribution is -0.119. The second kappa shape index (κ2) is 5.35. The lowest BCUT2D eigenvalue weighted by atomic mass is 10.2. The smallest absolute Gasteiger partial charge is 0.408 e. The number of hydrogen-bond acceptors (Lipinski definition) is 4. The van der Waals surface area contributed by atoms with Crippen molar-refractivity contribution < 1.29 is 14.3 Å². The summed E-state index contributed by atoms with van der Waals surface area (Å²) >= 11 is 0. The molecule has 84 valence electrons. The molecule has 5 heteroatoms. The third-order valence-electron chi connectivity index (χ3n) is 1.47. The number of carbonyl (C=O) groups is 2. The van der Waals surface area contributed by atoms with Crippen LogP contribution < -0.4 is 5.32 Å². The van der Waals surface area contributed by atoms with Crippen LogP contribution in [0.15, 0.2) is 0 Å². The molecule has 0 saturated heterocycles. The van der Waals surface area contributed by atoms with Crippen LogP contribution >= 0.6 is 0 Å². The summed E-state index contributed by atoms with van der Waals surface area (Å²) in [6, 6.07) is 1.03. The number of carbonyl (C=O) groups excluding carboxylic acids is 2. The Kier molecular flexibility index (Phi) is 4.79. The molecule has 0 aliphatic carbocycles. The van der Waals surface area contributed by atoms with E-state index in [9.17, 15) is 9.59 Å². The molecule has 0 spiro atoms. The van der Waals surface area contributed by atoms with Crippen molar-refractivity contribution in [3.05, 3.63) is 0 Å². The fraction of sp³-hybridized carbons (Fsp3) is 0.700. The highest BCUT2D eigenvalue weighted by molar-refractivity contribution is 5.88. The Morgan fingerprint density at radius 2 is 2.00 bits per heavy atom. The topological polar surface area (TPSA) is 79.2 Å². The van der Waals surface area contributed by atoms with Crippen molar-refractivity contribution in [2.75, 3.05) is 0 Å². The van der Waals surface area contributed by atoms with E-state index in [1.165, 1.54) is 6.92 Å². The molecule has 0 heterocycles. The minimum Gasteiger partial charge on any atom is -0.444 e. The maximum atomic E-state index is 11.2. The Balaban J connectivity index is 4.09. The summed E-state index contributed by atoms with van der Waals surface area (Å²) in [5.74, 6) is -0.330. The van der Waals surface area contributed by atoms with E-state index in [0.29, 0.717) is 0 Å². The van der Waals surface area contributed by atoms with Gasteiger partial charge in [0.05, 0.1) is 18.5 Å². The second-order valence-corrected chi connectivity index (χ2v) is 4.17. The monoisotopic (exact) mass is 212 g/mol. The zero-order valence-corrected chi connectivity index (χ0v) is 9.46. The first-order valence-electron chi connectivity index (χ1n) is 4.65. The van der Waals surface area contributed by atoms with Gasteiger partial charge in [0.2, 0.25) is 0 Å². The molecule has 5 nitrogen and oxygen atoms in total. The van der Waals surface area contributed by atoms with E-state index in [4.69, 9.17) is 10.00 Å². The van der Waals surface area contributed by atoms with Crippen LogP contribution in [0.2, 0.25) is 0 Å². The van der Waals surface area contributed by atoms with Gasteiger partial charge in [0.1, 0.15) is 5.60 Å². The van der Waals surface area contributed by atoms with Crippen molar-refractivity contribution in [3.8, 4) is 6.07 Å². The van der Waals surface area contributed by atoms with E-state index < -0.39 is 17.7 Å². The molecule has 0 aliphatic rings. The van der Waals surface area contributed by atoms with Crippen molar-refractivity contribution in [1.82, 2.24) is 5.32 Å². The Morgan fingerprint density at radius 3 is 2.40 bits per heavy atom. The van der Waals surface area contributed by atoms with Gasteiger partial charge in [0.25, 0.3) is 0 Å². The van der Waals surface area contributed by atoms with E-state index in [-0.39, 0.29) is 12.2 Å². The minimum atomic E-state index is -0.695. The Labute approximate surface area is 89.4 Å². The number of hydrogen-bond donors (Lipinski definition) is 1. The molecule has 0 bridgehead atoms. The number of amides is 1. The highest BCUT2D eigenvalue weighted by Crippen LogP contribution is 2.06. The molecule has 0 fully saturated rings. The first kappa shape index (κ1) is 13.4. The van der Waals surface area contributed by atoms with Gasteiger partial charge in [-0.15, -0.1) is 0 Å². The third kappa shape index (κ3) is 6.49. The van der Waals surface area contributed by atoms with Crippen LogP contribution in [-0.4, -0.2) is 23.5 Å². The number of nitrogens with zero attached hydrogens (tertiary/aromatic N) is 1. The lowest BCUT2D eigenvalue weighted by Crippen LogP contribution is -2.41. The van der Waals surface area contributed by atoms with E-state index >= 15 is 0 Å². The number of Topliss-reactive ketones (excluding diaryl/α,β-unsaturated/α-hetero) is 1. The van der Waals surface area contributed by atoms with Crippen molar-refractivity contribution in [1.29, 1.82) is 5.26 Å². The summed E-state index contributed by atoms with van der Waals surface area (Å²) in [5.41, 5.74) is -0.595. The molecular formula is C10H16N2O3. The molecule has 0 aromatic rings. The predicted octanol–water partition coefficient (Wildman–Crippen LogP) is 1.38. The van der Waals surface area contributed by atoms with Crippen molar-refractivity contribution in [2.45, 2.75) is 45.8 Å². The van der Waals surface area contributed by atoms with E-state index in [0.717, 1.165) is 0 Å². The predicted molar refractivity (Wildman–Crippen MR) is 54.1 cm³/mol.